The number of amides is 4. The molecule has 1 aromatic carbocycles. The molecule has 3 aromatic rings. The first kappa shape index (κ1) is 31.5. The molecule has 0 unspecified atom stereocenters. The third-order valence-corrected chi connectivity index (χ3v) is 6.66. The van der Waals surface area contributed by atoms with Gasteiger partial charge < -0.3 is 37.1 Å². The number of pyridine rings is 1. The van der Waals surface area contributed by atoms with Crippen LogP contribution in [0.5, 0.6) is 0 Å². The number of aryl methyl sites for hydroxylation is 1. The highest BCUT2D eigenvalue weighted by molar-refractivity contribution is 7.80. The molecule has 0 fully saturated rings. The average Bonchev–Trinajstić information content (AvgIpc) is 3.50. The lowest BCUT2D eigenvalue weighted by atomic mass is 10.1. The van der Waals surface area contributed by atoms with Gasteiger partial charge in [0.25, 0.3) is 5.91 Å². The maximum Gasteiger partial charge on any atom is 0.253 e. The van der Waals surface area contributed by atoms with Gasteiger partial charge in [-0.2, -0.15) is 12.6 Å². The van der Waals surface area contributed by atoms with E-state index in [1.54, 1.807) is 6.07 Å². The zero-order valence-corrected chi connectivity index (χ0v) is 23.6. The van der Waals surface area contributed by atoms with Crippen molar-refractivity contribution in [1.29, 1.82) is 0 Å². The van der Waals surface area contributed by atoms with Gasteiger partial charge in [-0.05, 0) is 31.5 Å². The number of fused-ring (bicyclic) bond motifs is 1. The summed E-state index contributed by atoms with van der Waals surface area (Å²) in [4.78, 5) is 63.4. The number of benzene rings is 1. The molecule has 220 valence electrons. The largest absolute Gasteiger partial charge is 0.394 e. The maximum atomic E-state index is 13.2. The number of carbonyl (C=O) groups is 4. The smallest absolute Gasteiger partial charge is 0.253 e. The number of nitrogens with one attached hydrogen (secondary N) is 5. The summed E-state index contributed by atoms with van der Waals surface area (Å²) in [6.45, 7) is 1.88. The van der Waals surface area contributed by atoms with Crippen LogP contribution in [0.2, 0.25) is 0 Å². The van der Waals surface area contributed by atoms with E-state index in [4.69, 9.17) is 5.73 Å². The molecule has 8 N–H and O–H groups in total. The van der Waals surface area contributed by atoms with Gasteiger partial charge in [-0.1, -0.05) is 25.1 Å². The number of carbonyl (C=O) groups excluding carboxylic acids is 4. The van der Waals surface area contributed by atoms with E-state index in [0.29, 0.717) is 37.3 Å². The summed E-state index contributed by atoms with van der Waals surface area (Å²) in [5.74, 6) is -2.46. The molecule has 41 heavy (non-hydrogen) atoms. The van der Waals surface area contributed by atoms with Crippen molar-refractivity contribution in [3.63, 3.8) is 0 Å². The standard InChI is InChI=1S/C27H36N8O5S/c1-2-19-18(10-16-6-3-4-7-20(16)32-19)24(37)34-22(13-36)27(40)33-21(11-17-12-29-15-31-17)26(39)35-23(14-41)25(38)30-9-5-8-28/h3-4,6-7,10,12,15,21-23,36,41H,2,5,8-9,11,13-14,28H2,1H3,(H,29,31)(H,30,38)(H,33,40)(H,34,37)(H,35,39)/t21-,22-,23-/m0/s1. The second-order valence-corrected chi connectivity index (χ2v) is 9.62. The molecule has 0 saturated carbocycles. The van der Waals surface area contributed by atoms with E-state index < -0.39 is 48.4 Å². The SMILES string of the molecule is CCc1nc2ccccc2cc1C(=O)N[C@@H](CO)C(=O)N[C@@H](Cc1cnc[nH]1)C(=O)N[C@@H](CS)C(=O)NCCCN. The van der Waals surface area contributed by atoms with E-state index in [9.17, 15) is 24.3 Å². The highest BCUT2D eigenvalue weighted by atomic mass is 32.1. The number of rotatable bonds is 15. The predicted molar refractivity (Wildman–Crippen MR) is 156 cm³/mol. The number of para-hydroxylation sites is 1. The molecule has 2 heterocycles. The fourth-order valence-electron chi connectivity index (χ4n) is 4.05. The van der Waals surface area contributed by atoms with E-state index >= 15 is 0 Å². The fraction of sp³-hybridized carbons (Fsp3) is 0.407. The molecule has 3 rings (SSSR count). The normalized spacial score (nSPS) is 13.2. The zero-order chi connectivity index (χ0) is 29.8. The second kappa shape index (κ2) is 15.7. The number of H-pyrrole nitrogens is 1. The first-order chi connectivity index (χ1) is 19.8. The summed E-state index contributed by atoms with van der Waals surface area (Å²) in [5, 5.41) is 21.1. The monoisotopic (exact) mass is 584 g/mol. The Morgan fingerprint density at radius 3 is 2.44 bits per heavy atom. The van der Waals surface area contributed by atoms with Crippen LogP contribution in [0.15, 0.2) is 42.9 Å². The van der Waals surface area contributed by atoms with Crippen LogP contribution in [0.1, 0.15) is 35.1 Å². The van der Waals surface area contributed by atoms with Crippen LogP contribution in [0.25, 0.3) is 10.9 Å². The van der Waals surface area contributed by atoms with Gasteiger partial charge in [0, 0.05) is 36.0 Å². The van der Waals surface area contributed by atoms with Gasteiger partial charge in [-0.25, -0.2) is 4.98 Å². The van der Waals surface area contributed by atoms with Gasteiger partial charge in [0.2, 0.25) is 17.7 Å². The van der Waals surface area contributed by atoms with E-state index in [1.165, 1.54) is 12.5 Å². The van der Waals surface area contributed by atoms with Crippen LogP contribution >= 0.6 is 12.6 Å². The Hall–Kier alpha value is -4.01. The van der Waals surface area contributed by atoms with Crippen LogP contribution in [0.4, 0.5) is 0 Å². The van der Waals surface area contributed by atoms with Crippen molar-refractivity contribution in [1.82, 2.24) is 36.2 Å². The number of aliphatic hydroxyl groups is 1. The molecule has 13 nitrogen and oxygen atoms in total. The van der Waals surface area contributed by atoms with Gasteiger partial charge in [0.1, 0.15) is 18.1 Å². The third-order valence-electron chi connectivity index (χ3n) is 6.29. The number of aromatic amines is 1. The van der Waals surface area contributed by atoms with Crippen molar-refractivity contribution < 1.29 is 24.3 Å². The molecule has 0 spiro atoms. The minimum absolute atomic E-state index is 0.00628. The number of hydrogen-bond acceptors (Lipinski definition) is 9. The Morgan fingerprint density at radius 1 is 1.05 bits per heavy atom. The van der Waals surface area contributed by atoms with Crippen molar-refractivity contribution in [2.24, 2.45) is 5.73 Å². The van der Waals surface area contributed by atoms with Gasteiger partial charge in [-0.15, -0.1) is 0 Å². The van der Waals surface area contributed by atoms with Crippen LogP contribution in [-0.2, 0) is 27.2 Å². The molecular formula is C27H36N8O5S. The number of imidazole rings is 1. The maximum absolute atomic E-state index is 13.2. The molecule has 3 atom stereocenters. The number of thiol groups is 1. The summed E-state index contributed by atoms with van der Waals surface area (Å²) in [6, 6.07) is 5.53. The van der Waals surface area contributed by atoms with Crippen LogP contribution in [-0.4, -0.2) is 87.3 Å². The van der Waals surface area contributed by atoms with E-state index in [2.05, 4.69) is 48.8 Å². The van der Waals surface area contributed by atoms with Crippen molar-refractivity contribution in [3.05, 3.63) is 59.8 Å². The second-order valence-electron chi connectivity index (χ2n) is 9.26. The van der Waals surface area contributed by atoms with Gasteiger partial charge in [-0.3, -0.25) is 24.2 Å². The molecule has 0 aliphatic carbocycles. The molecule has 0 aliphatic rings. The topological polar surface area (TPSA) is 204 Å². The molecule has 4 amide bonds. The minimum atomic E-state index is -1.36. The van der Waals surface area contributed by atoms with Crippen molar-refractivity contribution in [3.8, 4) is 0 Å². The molecule has 2 aromatic heterocycles. The Labute approximate surface area is 242 Å². The Balaban J connectivity index is 1.74. The lowest BCUT2D eigenvalue weighted by Gasteiger charge is -2.24. The zero-order valence-electron chi connectivity index (χ0n) is 22.7. The highest BCUT2D eigenvalue weighted by Gasteiger charge is 2.30. The first-order valence-electron chi connectivity index (χ1n) is 13.3. The van der Waals surface area contributed by atoms with Crippen molar-refractivity contribution in [2.75, 3.05) is 25.4 Å². The number of nitrogens with zero attached hydrogens (tertiary/aromatic N) is 2. The lowest BCUT2D eigenvalue weighted by Crippen LogP contribution is -2.58. The van der Waals surface area contributed by atoms with Crippen molar-refractivity contribution >= 4 is 47.2 Å². The van der Waals surface area contributed by atoms with Crippen molar-refractivity contribution in [2.45, 2.75) is 44.3 Å². The molecule has 0 bridgehead atoms. The summed E-state index contributed by atoms with van der Waals surface area (Å²) < 4.78 is 0. The van der Waals surface area contributed by atoms with Crippen LogP contribution in [0.3, 0.4) is 0 Å². The number of aliphatic hydroxyl groups excluding tert-OH is 1. The highest BCUT2D eigenvalue weighted by Crippen LogP contribution is 2.17. The van der Waals surface area contributed by atoms with E-state index in [1.807, 2.05) is 31.2 Å². The Kier molecular flexibility index (Phi) is 12.1. The molecule has 0 saturated heterocycles. The summed E-state index contributed by atoms with van der Waals surface area (Å²) >= 11 is 4.17. The number of hydrogen-bond donors (Lipinski definition) is 8. The first-order valence-corrected chi connectivity index (χ1v) is 13.9. The molecule has 14 heteroatoms. The fourth-order valence-corrected chi connectivity index (χ4v) is 4.31. The molecule has 0 aliphatic heterocycles. The average molecular weight is 585 g/mol. The summed E-state index contributed by atoms with van der Waals surface area (Å²) in [7, 11) is 0. The van der Waals surface area contributed by atoms with Gasteiger partial charge in [0.05, 0.1) is 29.7 Å². The summed E-state index contributed by atoms with van der Waals surface area (Å²) in [6.07, 6.45) is 3.97. The quantitative estimate of drug-likeness (QED) is 0.0838. The van der Waals surface area contributed by atoms with E-state index in [-0.39, 0.29) is 17.7 Å². The predicted octanol–water partition coefficient (Wildman–Crippen LogP) is -0.782. The number of nitrogens with two attached hydrogens (primary N) is 1. The lowest BCUT2D eigenvalue weighted by molar-refractivity contribution is -0.132. The van der Waals surface area contributed by atoms with E-state index in [0.717, 1.165) is 10.9 Å². The molecular weight excluding hydrogens is 548 g/mol. The Bertz CT molecular complexity index is 1340. The number of aromatic nitrogens is 3. The molecule has 0 radical (unpaired) electrons. The van der Waals surface area contributed by atoms with Crippen LogP contribution in [0, 0.1) is 0 Å². The Morgan fingerprint density at radius 2 is 1.78 bits per heavy atom. The summed E-state index contributed by atoms with van der Waals surface area (Å²) in [5.41, 5.74) is 7.55. The van der Waals surface area contributed by atoms with Crippen LogP contribution < -0.4 is 27.0 Å². The van der Waals surface area contributed by atoms with Gasteiger partial charge >= 0.3 is 0 Å². The van der Waals surface area contributed by atoms with Gasteiger partial charge in [0.15, 0.2) is 0 Å². The minimum Gasteiger partial charge on any atom is -0.394 e. The third kappa shape index (κ3) is 8.74.